The van der Waals surface area contributed by atoms with E-state index >= 15 is 0 Å². The van der Waals surface area contributed by atoms with Gasteiger partial charge >= 0.3 is 0 Å². The van der Waals surface area contributed by atoms with Gasteiger partial charge in [-0.3, -0.25) is 14.3 Å². The molecule has 10 aliphatic rings. The summed E-state index contributed by atoms with van der Waals surface area (Å²) in [7, 11) is 0. The SMILES string of the molecule is CSc1cnn(CC(=O)[C@H]2[C@H]3C[C@H]3[C@H]3[C@@H]4CC[C@@H]5C[C@](C)(O)CC[C@@H]5[C@H]4CC[C@@]32C)c1.C[C@@]1(O)CC[C@H]2[C@H](CC[C@@H]3[C@@H]2CC[C@@]2(C)[C@H]3[C@@H]3C[C@@H]3[C@@H]2C(=O)CBr)C1. The third-order valence-corrected chi connectivity index (χ3v) is 21.3. The average molecular weight is 852 g/mol. The Labute approximate surface area is 349 Å². The number of aliphatic hydroxyl groups is 2. The fourth-order valence-electron chi connectivity index (χ4n) is 18.2. The highest BCUT2D eigenvalue weighted by atomic mass is 79.9. The first-order valence-electron chi connectivity index (χ1n) is 23.3. The Morgan fingerprint density at radius 2 is 1.16 bits per heavy atom. The van der Waals surface area contributed by atoms with Crippen molar-refractivity contribution < 1.29 is 19.8 Å². The first-order valence-corrected chi connectivity index (χ1v) is 25.6. The highest BCUT2D eigenvalue weighted by Crippen LogP contribution is 2.76. The molecule has 11 rings (SSSR count). The molecule has 0 spiro atoms. The Bertz CT molecular complexity index is 1710. The van der Waals surface area contributed by atoms with Gasteiger partial charge in [-0.2, -0.15) is 5.10 Å². The zero-order valence-corrected chi connectivity index (χ0v) is 37.4. The van der Waals surface area contributed by atoms with Gasteiger partial charge in [0.1, 0.15) is 5.78 Å². The minimum Gasteiger partial charge on any atom is -0.390 e. The van der Waals surface area contributed by atoms with Crippen molar-refractivity contribution in [3.63, 3.8) is 0 Å². The number of Topliss-reactive ketones (excluding diaryl/α,β-unsaturated/α-hetero) is 2. The third kappa shape index (κ3) is 6.29. The summed E-state index contributed by atoms with van der Waals surface area (Å²) in [6, 6.07) is 0. The molecule has 0 saturated heterocycles. The number of nitrogens with zero attached hydrogens (tertiary/aromatic N) is 2. The summed E-state index contributed by atoms with van der Waals surface area (Å²) >= 11 is 5.15. The van der Waals surface area contributed by atoms with Crippen LogP contribution in [0.2, 0.25) is 0 Å². The van der Waals surface area contributed by atoms with Crippen molar-refractivity contribution in [1.29, 1.82) is 0 Å². The summed E-state index contributed by atoms with van der Waals surface area (Å²) in [6.07, 6.45) is 25.5. The minimum atomic E-state index is -0.438. The normalized spacial score (nSPS) is 54.3. The number of aromatic nitrogens is 2. The number of thioether (sulfide) groups is 1. The smallest absolute Gasteiger partial charge is 0.158 e. The molecular formula is C48H71BrN2O4S. The molecule has 20 atom stereocenters. The molecule has 8 heteroatoms. The van der Waals surface area contributed by atoms with Gasteiger partial charge in [-0.1, -0.05) is 29.8 Å². The van der Waals surface area contributed by atoms with Gasteiger partial charge in [0.2, 0.25) is 0 Å². The summed E-state index contributed by atoms with van der Waals surface area (Å²) in [4.78, 5) is 27.4. The lowest BCUT2D eigenvalue weighted by Crippen LogP contribution is -2.52. The summed E-state index contributed by atoms with van der Waals surface area (Å²) in [6.45, 7) is 9.51. The second-order valence-electron chi connectivity index (χ2n) is 23.0. The maximum Gasteiger partial charge on any atom is 0.158 e. The number of ketones is 2. The Balaban J connectivity index is 0.000000140. The number of hydrogen-bond acceptors (Lipinski definition) is 6. The van der Waals surface area contributed by atoms with Gasteiger partial charge in [-0.15, -0.1) is 11.8 Å². The van der Waals surface area contributed by atoms with E-state index in [-0.39, 0.29) is 16.7 Å². The van der Waals surface area contributed by atoms with Crippen molar-refractivity contribution in [2.24, 2.45) is 106 Å². The van der Waals surface area contributed by atoms with Crippen LogP contribution in [-0.4, -0.2) is 54.3 Å². The quantitative estimate of drug-likeness (QED) is 0.219. The van der Waals surface area contributed by atoms with Crippen molar-refractivity contribution in [1.82, 2.24) is 9.78 Å². The zero-order valence-electron chi connectivity index (χ0n) is 35.0. The van der Waals surface area contributed by atoms with Gasteiger partial charge in [-0.25, -0.2) is 0 Å². The largest absolute Gasteiger partial charge is 0.390 e. The topological polar surface area (TPSA) is 92.4 Å². The van der Waals surface area contributed by atoms with Crippen LogP contribution in [0.1, 0.15) is 130 Å². The predicted molar refractivity (Wildman–Crippen MR) is 225 cm³/mol. The van der Waals surface area contributed by atoms with Crippen LogP contribution in [0.25, 0.3) is 0 Å². The van der Waals surface area contributed by atoms with Gasteiger partial charge in [0, 0.05) is 22.9 Å². The van der Waals surface area contributed by atoms with E-state index in [9.17, 15) is 19.8 Å². The fourth-order valence-corrected chi connectivity index (χ4v) is 18.9. The second-order valence-corrected chi connectivity index (χ2v) is 24.4. The van der Waals surface area contributed by atoms with Gasteiger partial charge in [-0.05, 0) is 217 Å². The highest BCUT2D eigenvalue weighted by molar-refractivity contribution is 9.09. The molecule has 0 bridgehead atoms. The van der Waals surface area contributed by atoms with Crippen LogP contribution in [0.4, 0.5) is 0 Å². The molecule has 6 nitrogen and oxygen atoms in total. The van der Waals surface area contributed by atoms with E-state index in [4.69, 9.17) is 0 Å². The number of fused-ring (bicyclic) bond motifs is 14. The molecule has 0 aliphatic heterocycles. The lowest BCUT2D eigenvalue weighted by atomic mass is 9.48. The van der Waals surface area contributed by atoms with Crippen LogP contribution < -0.4 is 0 Å². The standard InChI is InChI=1S/C26H38N2O2S.C22H33BrO2/c1-25(30)8-6-17-15(11-25)4-5-19-18(17)7-9-26(2)23(19)20-10-21(20)24(26)22(29)14-28-13-16(31-3)12-27-28;1-21(25)7-5-13-12(10-21)3-4-15-14(13)6-8-22(2)19(15)16-9-17(16)20(22)18(24)11-23/h12-13,15,17-21,23-24,30H,4-11,14H2,1-3H3;12-17,19-20,25H,3-11H2,1-2H3/t15-,17+,18-,19-,20-,21+,23-,24-,25-,26+;12-,13+,14-,15-,16-,17+,19-,20-,21-,22+/m11/s1. The summed E-state index contributed by atoms with van der Waals surface area (Å²) in [5.74, 6) is 12.7. The van der Waals surface area contributed by atoms with Gasteiger partial charge in [0.05, 0.1) is 29.3 Å². The first-order chi connectivity index (χ1) is 26.7. The molecule has 0 radical (unpaired) electrons. The Hall–Kier alpha value is -0.700. The zero-order chi connectivity index (χ0) is 39.1. The maximum atomic E-state index is 13.6. The van der Waals surface area contributed by atoms with E-state index in [1.807, 2.05) is 17.1 Å². The van der Waals surface area contributed by atoms with Crippen molar-refractivity contribution in [3.8, 4) is 0 Å². The van der Waals surface area contributed by atoms with Crippen molar-refractivity contribution >= 4 is 39.3 Å². The monoisotopic (exact) mass is 850 g/mol. The van der Waals surface area contributed by atoms with Crippen molar-refractivity contribution in [2.75, 3.05) is 11.6 Å². The summed E-state index contributed by atoms with van der Waals surface area (Å²) in [5.41, 5.74) is -0.368. The van der Waals surface area contributed by atoms with E-state index in [1.54, 1.807) is 11.8 Å². The number of alkyl halides is 1. The lowest BCUT2D eigenvalue weighted by molar-refractivity contribution is -0.136. The number of halogens is 1. The van der Waals surface area contributed by atoms with Gasteiger partial charge < -0.3 is 10.2 Å². The lowest BCUT2D eigenvalue weighted by Gasteiger charge is -2.57. The Morgan fingerprint density at radius 3 is 1.62 bits per heavy atom. The number of rotatable bonds is 6. The van der Waals surface area contributed by atoms with E-state index in [0.29, 0.717) is 41.2 Å². The van der Waals surface area contributed by atoms with E-state index in [1.165, 1.54) is 77.0 Å². The van der Waals surface area contributed by atoms with Crippen LogP contribution >= 0.6 is 27.7 Å². The van der Waals surface area contributed by atoms with E-state index in [2.05, 4.69) is 55.0 Å². The first kappa shape index (κ1) is 39.4. The van der Waals surface area contributed by atoms with Crippen LogP contribution in [0.5, 0.6) is 0 Å². The molecule has 0 amide bonds. The molecule has 10 saturated carbocycles. The molecule has 10 aliphatic carbocycles. The average Bonchev–Trinajstić information content (AvgIpc) is 4.00. The molecule has 10 fully saturated rings. The molecule has 1 aromatic heterocycles. The Kier molecular flexibility index (Phi) is 9.80. The molecule has 0 unspecified atom stereocenters. The third-order valence-electron chi connectivity index (χ3n) is 20.0. The molecule has 1 heterocycles. The van der Waals surface area contributed by atoms with Crippen LogP contribution in [-0.2, 0) is 16.1 Å². The summed E-state index contributed by atoms with van der Waals surface area (Å²) in [5, 5.41) is 26.2. The second kappa shape index (κ2) is 13.9. The molecule has 310 valence electrons. The molecule has 2 N–H and O–H groups in total. The maximum absolute atomic E-state index is 13.6. The van der Waals surface area contributed by atoms with Gasteiger partial charge in [0.15, 0.2) is 5.78 Å². The molecule has 56 heavy (non-hydrogen) atoms. The summed E-state index contributed by atoms with van der Waals surface area (Å²) < 4.78 is 1.87. The van der Waals surface area contributed by atoms with Gasteiger partial charge in [0.25, 0.3) is 0 Å². The number of hydrogen-bond donors (Lipinski definition) is 2. The van der Waals surface area contributed by atoms with E-state index < -0.39 is 11.2 Å². The predicted octanol–water partition coefficient (Wildman–Crippen LogP) is 9.88. The van der Waals surface area contributed by atoms with E-state index in [0.717, 1.165) is 102 Å². The molecule has 1 aromatic rings. The fraction of sp³-hybridized carbons (Fsp3) is 0.896. The minimum absolute atomic E-state index is 0.203. The number of carbonyl (C=O) groups excluding carboxylic acids is 2. The van der Waals surface area contributed by atoms with Crippen molar-refractivity contribution in [3.05, 3.63) is 12.4 Å². The molecular weight excluding hydrogens is 781 g/mol. The van der Waals surface area contributed by atoms with Crippen LogP contribution in [0.3, 0.4) is 0 Å². The number of carbonyl (C=O) groups is 2. The highest BCUT2D eigenvalue weighted by Gasteiger charge is 2.72. The molecule has 0 aromatic carbocycles. The van der Waals surface area contributed by atoms with Crippen molar-refractivity contribution in [2.45, 2.75) is 153 Å². The Morgan fingerprint density at radius 1 is 0.679 bits per heavy atom. The van der Waals surface area contributed by atoms with Crippen LogP contribution in [0, 0.1) is 106 Å². The van der Waals surface area contributed by atoms with Crippen LogP contribution in [0.15, 0.2) is 17.3 Å².